The molecule has 0 radical (unpaired) electrons. The van der Waals surface area contributed by atoms with Gasteiger partial charge in [-0.1, -0.05) is 13.3 Å². The molecule has 6 nitrogen and oxygen atoms in total. The van der Waals surface area contributed by atoms with E-state index in [1.807, 2.05) is 0 Å². The van der Waals surface area contributed by atoms with Crippen LogP contribution < -0.4 is 5.43 Å². The van der Waals surface area contributed by atoms with Crippen LogP contribution in [0.25, 0.3) is 0 Å². The molecule has 1 N–H and O–H groups in total. The van der Waals surface area contributed by atoms with Crippen LogP contribution in [-0.2, 0) is 0 Å². The number of hydrazone groups is 1. The fourth-order valence-electron chi connectivity index (χ4n) is 2.73. The summed E-state index contributed by atoms with van der Waals surface area (Å²) in [6.45, 7) is 3.82. The van der Waals surface area contributed by atoms with Gasteiger partial charge in [-0.15, -0.1) is 0 Å². The van der Waals surface area contributed by atoms with Crippen molar-refractivity contribution in [1.82, 2.24) is 5.43 Å². The molecule has 0 aromatic heterocycles. The molecule has 0 bridgehead atoms. The van der Waals surface area contributed by atoms with E-state index in [1.165, 1.54) is 24.6 Å². The van der Waals surface area contributed by atoms with E-state index in [4.69, 9.17) is 0 Å². The highest BCUT2D eigenvalue weighted by atomic mass is 16.6. The fraction of sp³-hybridized carbons (Fsp3) is 0.500. The minimum Gasteiger partial charge on any atom is -0.267 e. The van der Waals surface area contributed by atoms with Crippen molar-refractivity contribution in [1.29, 1.82) is 0 Å². The summed E-state index contributed by atoms with van der Waals surface area (Å²) in [6.07, 6.45) is 5.31. The maximum Gasteiger partial charge on any atom is 0.272 e. The zero-order valence-corrected chi connectivity index (χ0v) is 13.0. The second-order valence-corrected chi connectivity index (χ2v) is 5.73. The third kappa shape index (κ3) is 3.90. The maximum atomic E-state index is 12.1. The standard InChI is InChI=1S/C16H21N3O3/c1-3-12-4-7-14(8-5-12)17-18-16(20)13-6-9-15(19(21)22)11(2)10-13/h6,9-10,12H,3-5,7-8H2,1-2H3,(H,18,20). The van der Waals surface area contributed by atoms with Crippen molar-refractivity contribution in [3.8, 4) is 0 Å². The third-order valence-electron chi connectivity index (χ3n) is 4.23. The van der Waals surface area contributed by atoms with Crippen LogP contribution in [-0.4, -0.2) is 16.5 Å². The Morgan fingerprint density at radius 1 is 1.41 bits per heavy atom. The van der Waals surface area contributed by atoms with Crippen molar-refractivity contribution >= 4 is 17.3 Å². The van der Waals surface area contributed by atoms with Gasteiger partial charge in [-0.05, 0) is 50.7 Å². The van der Waals surface area contributed by atoms with Crippen molar-refractivity contribution in [2.75, 3.05) is 0 Å². The number of nitro groups is 1. The molecule has 0 aliphatic heterocycles. The third-order valence-corrected chi connectivity index (χ3v) is 4.23. The zero-order chi connectivity index (χ0) is 16.1. The molecule has 22 heavy (non-hydrogen) atoms. The van der Waals surface area contributed by atoms with Crippen molar-refractivity contribution in [2.24, 2.45) is 11.0 Å². The van der Waals surface area contributed by atoms with Gasteiger partial charge in [0.2, 0.25) is 0 Å². The molecular weight excluding hydrogens is 282 g/mol. The van der Waals surface area contributed by atoms with Crippen molar-refractivity contribution in [3.63, 3.8) is 0 Å². The number of hydrogen-bond acceptors (Lipinski definition) is 4. The first-order valence-electron chi connectivity index (χ1n) is 7.62. The topological polar surface area (TPSA) is 84.6 Å². The van der Waals surface area contributed by atoms with Gasteiger partial charge in [-0.3, -0.25) is 14.9 Å². The molecule has 1 aliphatic rings. The van der Waals surface area contributed by atoms with Crippen LogP contribution in [0.2, 0.25) is 0 Å². The van der Waals surface area contributed by atoms with E-state index in [-0.39, 0.29) is 11.6 Å². The van der Waals surface area contributed by atoms with Gasteiger partial charge in [0.1, 0.15) is 0 Å². The second-order valence-electron chi connectivity index (χ2n) is 5.73. The summed E-state index contributed by atoms with van der Waals surface area (Å²) in [7, 11) is 0. The molecule has 0 heterocycles. The lowest BCUT2D eigenvalue weighted by molar-refractivity contribution is -0.385. The summed E-state index contributed by atoms with van der Waals surface area (Å²) in [4.78, 5) is 22.4. The number of carbonyl (C=O) groups excluding carboxylic acids is 1. The lowest BCUT2D eigenvalue weighted by Crippen LogP contribution is -2.22. The number of rotatable bonds is 4. The average Bonchev–Trinajstić information content (AvgIpc) is 2.52. The van der Waals surface area contributed by atoms with E-state index in [0.29, 0.717) is 11.1 Å². The number of amides is 1. The molecule has 0 atom stereocenters. The summed E-state index contributed by atoms with van der Waals surface area (Å²) >= 11 is 0. The summed E-state index contributed by atoms with van der Waals surface area (Å²) in [5, 5.41) is 15.0. The molecule has 0 saturated heterocycles. The van der Waals surface area contributed by atoms with Crippen LogP contribution in [0.1, 0.15) is 54.9 Å². The highest BCUT2D eigenvalue weighted by Crippen LogP contribution is 2.24. The van der Waals surface area contributed by atoms with Gasteiger partial charge < -0.3 is 0 Å². The van der Waals surface area contributed by atoms with Gasteiger partial charge >= 0.3 is 0 Å². The molecule has 0 unspecified atom stereocenters. The Morgan fingerprint density at radius 2 is 2.09 bits per heavy atom. The first-order valence-corrected chi connectivity index (χ1v) is 7.62. The summed E-state index contributed by atoms with van der Waals surface area (Å²) in [6, 6.07) is 4.32. The highest BCUT2D eigenvalue weighted by Gasteiger charge is 2.17. The highest BCUT2D eigenvalue weighted by molar-refractivity contribution is 5.96. The molecule has 0 spiro atoms. The van der Waals surface area contributed by atoms with Gasteiger partial charge in [-0.2, -0.15) is 5.10 Å². The fourth-order valence-corrected chi connectivity index (χ4v) is 2.73. The van der Waals surface area contributed by atoms with Gasteiger partial charge in [-0.25, -0.2) is 5.43 Å². The zero-order valence-electron chi connectivity index (χ0n) is 13.0. The lowest BCUT2D eigenvalue weighted by Gasteiger charge is -2.21. The Bertz CT molecular complexity index is 601. The first kappa shape index (κ1) is 16.1. The average molecular weight is 303 g/mol. The summed E-state index contributed by atoms with van der Waals surface area (Å²) < 4.78 is 0. The van der Waals surface area contributed by atoms with Gasteiger partial charge in [0.15, 0.2) is 0 Å². The quantitative estimate of drug-likeness (QED) is 0.681. The number of carbonyl (C=O) groups is 1. The molecule has 1 amide bonds. The largest absolute Gasteiger partial charge is 0.272 e. The van der Waals surface area contributed by atoms with Crippen molar-refractivity contribution in [2.45, 2.75) is 46.0 Å². The van der Waals surface area contributed by atoms with Crippen LogP contribution in [0.15, 0.2) is 23.3 Å². The number of nitrogens with one attached hydrogen (secondary N) is 1. The lowest BCUT2D eigenvalue weighted by atomic mass is 9.86. The molecule has 6 heteroatoms. The normalized spacial score (nSPS) is 17.9. The monoisotopic (exact) mass is 303 g/mol. The molecular formula is C16H21N3O3. The van der Waals surface area contributed by atoms with E-state index in [0.717, 1.165) is 37.3 Å². The number of nitrogens with zero attached hydrogens (tertiary/aromatic N) is 2. The Morgan fingerprint density at radius 3 is 2.64 bits per heavy atom. The Hall–Kier alpha value is -2.24. The molecule has 1 aliphatic carbocycles. The molecule has 1 saturated carbocycles. The smallest absolute Gasteiger partial charge is 0.267 e. The SMILES string of the molecule is CCC1CCC(=NNC(=O)c2ccc([N+](=O)[O-])c(C)c2)CC1. The van der Waals surface area contributed by atoms with Crippen LogP contribution in [0.4, 0.5) is 5.69 Å². The molecule has 1 fully saturated rings. The minimum absolute atomic E-state index is 0.0146. The number of benzene rings is 1. The molecule has 118 valence electrons. The minimum atomic E-state index is -0.455. The van der Waals surface area contributed by atoms with Gasteiger partial charge in [0.25, 0.3) is 11.6 Å². The van der Waals surface area contributed by atoms with E-state index >= 15 is 0 Å². The molecule has 2 rings (SSSR count). The predicted molar refractivity (Wildman–Crippen MR) is 85.0 cm³/mol. The first-order chi connectivity index (χ1) is 10.5. The van der Waals surface area contributed by atoms with E-state index < -0.39 is 4.92 Å². The van der Waals surface area contributed by atoms with Gasteiger partial charge in [0.05, 0.1) is 4.92 Å². The molecule has 1 aromatic rings. The number of hydrogen-bond donors (Lipinski definition) is 1. The Labute approximate surface area is 129 Å². The molecule has 1 aromatic carbocycles. The van der Waals surface area contributed by atoms with Crippen LogP contribution in [0, 0.1) is 23.0 Å². The van der Waals surface area contributed by atoms with E-state index in [2.05, 4.69) is 17.5 Å². The van der Waals surface area contributed by atoms with Crippen molar-refractivity contribution in [3.05, 3.63) is 39.4 Å². The van der Waals surface area contributed by atoms with Crippen LogP contribution in [0.5, 0.6) is 0 Å². The Balaban J connectivity index is 1.98. The second kappa shape index (κ2) is 7.15. The van der Waals surface area contributed by atoms with E-state index in [1.54, 1.807) is 6.92 Å². The number of aryl methyl sites for hydroxylation is 1. The van der Waals surface area contributed by atoms with Crippen LogP contribution >= 0.6 is 0 Å². The predicted octanol–water partition coefficient (Wildman–Crippen LogP) is 3.59. The van der Waals surface area contributed by atoms with Gasteiger partial charge in [0, 0.05) is 22.9 Å². The maximum absolute atomic E-state index is 12.1. The van der Waals surface area contributed by atoms with Crippen molar-refractivity contribution < 1.29 is 9.72 Å². The Kier molecular flexibility index (Phi) is 5.25. The number of nitro benzene ring substituents is 1. The summed E-state index contributed by atoms with van der Waals surface area (Å²) in [5.74, 6) is 0.440. The summed E-state index contributed by atoms with van der Waals surface area (Å²) in [5.41, 5.74) is 4.45. The van der Waals surface area contributed by atoms with E-state index in [9.17, 15) is 14.9 Å². The van der Waals surface area contributed by atoms with Crippen LogP contribution in [0.3, 0.4) is 0 Å².